The molecule has 2 aromatic rings. The monoisotopic (exact) mass is 427 g/mol. The predicted octanol–water partition coefficient (Wildman–Crippen LogP) is 4.30. The van der Waals surface area contributed by atoms with E-state index in [2.05, 4.69) is 15.2 Å². The fourth-order valence-corrected chi connectivity index (χ4v) is 2.94. The summed E-state index contributed by atoms with van der Waals surface area (Å²) < 4.78 is 3.81. The molecule has 2 heterocycles. The van der Waals surface area contributed by atoms with Gasteiger partial charge in [-0.2, -0.15) is 0 Å². The summed E-state index contributed by atoms with van der Waals surface area (Å²) in [5.74, 6) is -0.526. The number of nitrogens with zero attached hydrogens (tertiary/aromatic N) is 3. The van der Waals surface area contributed by atoms with E-state index in [4.69, 9.17) is 16.3 Å². The number of hydrogen-bond acceptors (Lipinski definition) is 5. The Morgan fingerprint density at radius 3 is 2.86 bits per heavy atom. The van der Waals surface area contributed by atoms with Gasteiger partial charge in [-0.1, -0.05) is 35.9 Å². The molecule has 5 nitrogen and oxygen atoms in total. The summed E-state index contributed by atoms with van der Waals surface area (Å²) in [5.41, 5.74) is 1.92. The van der Waals surface area contributed by atoms with Gasteiger partial charge in [-0.25, -0.2) is 9.78 Å². The second-order valence-electron chi connectivity index (χ2n) is 4.57. The molecule has 1 aromatic heterocycles. The molecule has 0 saturated heterocycles. The van der Waals surface area contributed by atoms with Crippen molar-refractivity contribution in [2.45, 2.75) is 9.93 Å². The van der Waals surface area contributed by atoms with Gasteiger partial charge in [-0.3, -0.25) is 0 Å². The normalized spacial score (nSPS) is 20.7. The third kappa shape index (κ3) is 2.72. The van der Waals surface area contributed by atoms with E-state index in [1.807, 2.05) is 52.9 Å². The van der Waals surface area contributed by atoms with Gasteiger partial charge in [-0.15, -0.1) is 10.2 Å². The summed E-state index contributed by atoms with van der Waals surface area (Å²) in [4.78, 5) is 16.7. The minimum Gasteiger partial charge on any atom is -0.462 e. The molecule has 0 N–H and O–H groups in total. The zero-order chi connectivity index (χ0) is 15.7. The number of pyridine rings is 1. The van der Waals surface area contributed by atoms with E-state index in [0.717, 1.165) is 10.9 Å². The van der Waals surface area contributed by atoms with Crippen molar-refractivity contribution >= 4 is 56.8 Å². The fourth-order valence-electron chi connectivity index (χ4n) is 2.16. The number of aromatic nitrogens is 1. The number of carbonyl (C=O) groups is 1. The first kappa shape index (κ1) is 15.4. The maximum Gasteiger partial charge on any atom is 0.341 e. The molecule has 7 heteroatoms. The smallest absolute Gasteiger partial charge is 0.341 e. The van der Waals surface area contributed by atoms with Crippen molar-refractivity contribution in [1.29, 1.82) is 0 Å². The van der Waals surface area contributed by atoms with Crippen molar-refractivity contribution < 1.29 is 9.53 Å². The van der Waals surface area contributed by atoms with Gasteiger partial charge in [0.25, 0.3) is 0 Å². The van der Waals surface area contributed by atoms with Crippen LogP contribution in [0.4, 0.5) is 0 Å². The van der Waals surface area contributed by atoms with Gasteiger partial charge in [0.15, 0.2) is 0 Å². The van der Waals surface area contributed by atoms with Gasteiger partial charge in [-0.05, 0) is 41.6 Å². The van der Waals surface area contributed by atoms with Crippen LogP contribution in [0.15, 0.2) is 52.2 Å². The lowest BCUT2D eigenvalue weighted by atomic mass is 10.1. The molecule has 0 aliphatic carbocycles. The maximum absolute atomic E-state index is 12.2. The van der Waals surface area contributed by atoms with Crippen LogP contribution in [0.2, 0.25) is 0 Å². The molecule has 0 radical (unpaired) electrons. The number of azo groups is 1. The van der Waals surface area contributed by atoms with Crippen LogP contribution in [-0.4, -0.2) is 20.6 Å². The summed E-state index contributed by atoms with van der Waals surface area (Å²) >= 11 is 8.13. The van der Waals surface area contributed by atoms with Crippen molar-refractivity contribution in [3.8, 4) is 0 Å². The average molecular weight is 428 g/mol. The summed E-state index contributed by atoms with van der Waals surface area (Å²) in [5, 5.41) is 9.01. The first-order chi connectivity index (χ1) is 10.5. The van der Waals surface area contributed by atoms with Crippen molar-refractivity contribution in [2.75, 3.05) is 6.61 Å². The van der Waals surface area contributed by atoms with E-state index >= 15 is 0 Å². The van der Waals surface area contributed by atoms with E-state index in [1.165, 1.54) is 0 Å². The number of alkyl halides is 2. The number of halogens is 2. The van der Waals surface area contributed by atoms with Crippen LogP contribution in [-0.2, 0) is 9.53 Å². The molecule has 0 spiro atoms. The molecular weight excluding hydrogens is 417 g/mol. The zero-order valence-electron chi connectivity index (χ0n) is 11.6. The lowest BCUT2D eigenvalue weighted by Gasteiger charge is -2.13. The Morgan fingerprint density at radius 1 is 1.32 bits per heavy atom. The molecule has 0 fully saturated rings. The molecule has 112 valence electrons. The van der Waals surface area contributed by atoms with Gasteiger partial charge in [0.05, 0.1) is 17.8 Å². The van der Waals surface area contributed by atoms with Crippen molar-refractivity contribution in [1.82, 2.24) is 4.98 Å². The number of benzene rings is 1. The summed E-state index contributed by atoms with van der Waals surface area (Å²) in [6.07, 6.45) is 0. The van der Waals surface area contributed by atoms with Gasteiger partial charge in [0.1, 0.15) is 11.3 Å². The summed E-state index contributed by atoms with van der Waals surface area (Å²) in [6, 6.07) is 11.4. The predicted molar refractivity (Wildman–Crippen MR) is 92.8 cm³/mol. The minimum absolute atomic E-state index is 0.208. The maximum atomic E-state index is 12.2. The molecule has 22 heavy (non-hydrogen) atoms. The van der Waals surface area contributed by atoms with E-state index in [9.17, 15) is 4.79 Å². The highest BCUT2D eigenvalue weighted by Crippen LogP contribution is 2.45. The van der Waals surface area contributed by atoms with E-state index in [0.29, 0.717) is 11.4 Å². The lowest BCUT2D eigenvalue weighted by molar-refractivity contribution is -0.138. The average Bonchev–Trinajstić information content (AvgIpc) is 2.82. The highest BCUT2D eigenvalue weighted by Gasteiger charge is 2.42. The molecular formula is C15H11ClIN3O2. The molecule has 0 bridgehead atoms. The Balaban J connectivity index is 2.15. The molecule has 0 amide bonds. The molecule has 0 saturated carbocycles. The SMILES string of the molecule is CCOC(=O)C1=C(c2ccc3ccccc3n2)N=NC1(Cl)I. The van der Waals surface area contributed by atoms with Crippen molar-refractivity contribution in [3.05, 3.63) is 47.7 Å². The number of carbonyl (C=O) groups excluding carboxylic acids is 1. The standard InChI is InChI=1S/C15H11ClIN3O2/c1-2-22-14(21)12-13(19-20-15(12,16)17)11-8-7-9-5-3-4-6-10(9)18-11/h3-8H,2H2,1H3. The first-order valence-corrected chi connectivity index (χ1v) is 8.07. The Bertz CT molecular complexity index is 817. The number of rotatable bonds is 3. The molecule has 1 aromatic carbocycles. The number of ether oxygens (including phenoxy) is 1. The molecule has 1 aliphatic rings. The van der Waals surface area contributed by atoms with E-state index in [-0.39, 0.29) is 12.2 Å². The van der Waals surface area contributed by atoms with Crippen LogP contribution in [0.3, 0.4) is 0 Å². The van der Waals surface area contributed by atoms with Gasteiger partial charge in [0.2, 0.25) is 3.00 Å². The van der Waals surface area contributed by atoms with Gasteiger partial charge >= 0.3 is 5.97 Å². The number of hydrogen-bond donors (Lipinski definition) is 0. The van der Waals surface area contributed by atoms with Crippen molar-refractivity contribution in [2.24, 2.45) is 10.2 Å². The van der Waals surface area contributed by atoms with Crippen LogP contribution < -0.4 is 0 Å². The molecule has 3 rings (SSSR count). The van der Waals surface area contributed by atoms with Crippen molar-refractivity contribution in [3.63, 3.8) is 0 Å². The summed E-state index contributed by atoms with van der Waals surface area (Å²) in [6.45, 7) is 1.99. The third-order valence-corrected chi connectivity index (χ3v) is 4.15. The molecule has 1 unspecified atom stereocenters. The second-order valence-corrected chi connectivity index (χ2v) is 7.32. The van der Waals surface area contributed by atoms with Crippen LogP contribution in [0, 0.1) is 0 Å². The molecule has 1 aliphatic heterocycles. The van der Waals surface area contributed by atoms with Crippen LogP contribution in [0.1, 0.15) is 12.6 Å². The van der Waals surface area contributed by atoms with E-state index in [1.54, 1.807) is 13.0 Å². The Kier molecular flexibility index (Phi) is 4.14. The third-order valence-electron chi connectivity index (χ3n) is 3.13. The highest BCUT2D eigenvalue weighted by molar-refractivity contribution is 14.1. The Labute approximate surface area is 145 Å². The highest BCUT2D eigenvalue weighted by atomic mass is 127. The Hall–Kier alpha value is -1.54. The van der Waals surface area contributed by atoms with Gasteiger partial charge < -0.3 is 4.74 Å². The minimum atomic E-state index is -1.26. The Morgan fingerprint density at radius 2 is 2.09 bits per heavy atom. The molecule has 1 atom stereocenters. The lowest BCUT2D eigenvalue weighted by Crippen LogP contribution is -2.20. The van der Waals surface area contributed by atoms with Gasteiger partial charge in [0, 0.05) is 5.39 Å². The first-order valence-electron chi connectivity index (χ1n) is 6.61. The van der Waals surface area contributed by atoms with Crippen LogP contribution in [0.25, 0.3) is 16.6 Å². The largest absolute Gasteiger partial charge is 0.462 e. The quantitative estimate of drug-likeness (QED) is 0.317. The second kappa shape index (κ2) is 5.92. The zero-order valence-corrected chi connectivity index (χ0v) is 14.5. The number of esters is 1. The van der Waals surface area contributed by atoms with Crippen LogP contribution in [0.5, 0.6) is 0 Å². The van der Waals surface area contributed by atoms with Crippen LogP contribution >= 0.6 is 34.2 Å². The number of fused-ring (bicyclic) bond motifs is 1. The fraction of sp³-hybridized carbons (Fsp3) is 0.200. The van der Waals surface area contributed by atoms with E-state index < -0.39 is 8.97 Å². The number of para-hydroxylation sites is 1. The topological polar surface area (TPSA) is 63.9 Å². The summed E-state index contributed by atoms with van der Waals surface area (Å²) in [7, 11) is 0.